The molecule has 0 bridgehead atoms. The van der Waals surface area contributed by atoms with Crippen molar-refractivity contribution in [1.29, 1.82) is 0 Å². The minimum Gasteiger partial charge on any atom is -0.271 e. The molecule has 0 aromatic heterocycles. The fourth-order valence-corrected chi connectivity index (χ4v) is 3.19. The molecule has 0 saturated carbocycles. The average molecular weight is 444 g/mol. The Hall–Kier alpha value is -3.48. The van der Waals surface area contributed by atoms with Gasteiger partial charge in [-0.05, 0) is 24.3 Å². The number of rotatable bonds is 7. The van der Waals surface area contributed by atoms with Crippen molar-refractivity contribution in [1.82, 2.24) is 5.43 Å². The van der Waals surface area contributed by atoms with Crippen LogP contribution in [0.25, 0.3) is 0 Å². The first-order valence-electron chi connectivity index (χ1n) is 8.10. The summed E-state index contributed by atoms with van der Waals surface area (Å²) in [6.45, 7) is -0.853. The van der Waals surface area contributed by atoms with E-state index < -0.39 is 39.1 Å². The van der Waals surface area contributed by atoms with Crippen LogP contribution in [-0.2, 0) is 21.0 Å². The van der Waals surface area contributed by atoms with Gasteiger partial charge in [-0.25, -0.2) is 13.8 Å². The van der Waals surface area contributed by atoms with Crippen LogP contribution in [0.1, 0.15) is 11.1 Å². The van der Waals surface area contributed by atoms with Gasteiger partial charge < -0.3 is 0 Å². The molecule has 0 saturated heterocycles. The standard InChI is InChI=1S/C17H15F3N4O5S/c1-30(28,29)23(14-7-4-6-13(9-14)17(18,19)20)11-16(25)22-21-10-12-5-2-3-8-15(12)24(26)27/h2-10H,11H2,1H3,(H,22,25)/b21-10-. The number of benzene rings is 2. The number of nitro benzene ring substituents is 1. The van der Waals surface area contributed by atoms with Gasteiger partial charge in [-0.15, -0.1) is 0 Å². The van der Waals surface area contributed by atoms with Crippen molar-refractivity contribution in [2.75, 3.05) is 17.1 Å². The summed E-state index contributed by atoms with van der Waals surface area (Å²) in [6.07, 6.45) is -2.97. The van der Waals surface area contributed by atoms with Crippen molar-refractivity contribution in [3.63, 3.8) is 0 Å². The van der Waals surface area contributed by atoms with Crippen molar-refractivity contribution in [2.45, 2.75) is 6.18 Å². The number of hydrazone groups is 1. The predicted octanol–water partition coefficient (Wildman–Crippen LogP) is 2.53. The van der Waals surface area contributed by atoms with Gasteiger partial charge in [0, 0.05) is 6.07 Å². The third-order valence-electron chi connectivity index (χ3n) is 3.68. The van der Waals surface area contributed by atoms with Gasteiger partial charge in [0.2, 0.25) is 10.0 Å². The minimum atomic E-state index is -4.70. The van der Waals surface area contributed by atoms with Gasteiger partial charge in [0.15, 0.2) is 0 Å². The zero-order chi connectivity index (χ0) is 22.5. The normalized spacial score (nSPS) is 12.0. The van der Waals surface area contributed by atoms with Gasteiger partial charge in [0.25, 0.3) is 11.6 Å². The van der Waals surface area contributed by atoms with Gasteiger partial charge in [-0.3, -0.25) is 19.2 Å². The number of nitrogens with one attached hydrogen (secondary N) is 1. The zero-order valence-corrected chi connectivity index (χ0v) is 16.1. The second-order valence-corrected chi connectivity index (χ2v) is 7.83. The summed E-state index contributed by atoms with van der Waals surface area (Å²) >= 11 is 0. The van der Waals surface area contributed by atoms with E-state index in [2.05, 4.69) is 5.10 Å². The highest BCUT2D eigenvalue weighted by atomic mass is 32.2. The Labute approximate surface area is 169 Å². The van der Waals surface area contributed by atoms with E-state index in [0.29, 0.717) is 10.4 Å². The molecule has 0 radical (unpaired) electrons. The van der Waals surface area contributed by atoms with Crippen molar-refractivity contribution in [3.8, 4) is 0 Å². The number of carbonyl (C=O) groups is 1. The van der Waals surface area contributed by atoms with Crippen LogP contribution in [0.3, 0.4) is 0 Å². The zero-order valence-electron chi connectivity index (χ0n) is 15.3. The van der Waals surface area contributed by atoms with Crippen LogP contribution in [0, 0.1) is 10.1 Å². The Bertz CT molecular complexity index is 1090. The lowest BCUT2D eigenvalue weighted by Gasteiger charge is -2.22. The highest BCUT2D eigenvalue weighted by Crippen LogP contribution is 2.32. The molecule has 1 N–H and O–H groups in total. The Morgan fingerprint density at radius 2 is 1.90 bits per heavy atom. The maximum absolute atomic E-state index is 12.9. The number of carbonyl (C=O) groups excluding carboxylic acids is 1. The lowest BCUT2D eigenvalue weighted by Crippen LogP contribution is -2.39. The number of halogens is 3. The van der Waals surface area contributed by atoms with Crippen molar-refractivity contribution in [3.05, 3.63) is 69.8 Å². The first kappa shape index (κ1) is 22.8. The molecule has 2 aromatic carbocycles. The van der Waals surface area contributed by atoms with Crippen molar-refractivity contribution >= 4 is 33.5 Å². The number of hydrogen-bond donors (Lipinski definition) is 1. The van der Waals surface area contributed by atoms with Gasteiger partial charge in [0.05, 0.1) is 34.2 Å². The molecule has 0 aliphatic carbocycles. The second kappa shape index (κ2) is 8.90. The fraction of sp³-hybridized carbons (Fsp3) is 0.176. The SMILES string of the molecule is CS(=O)(=O)N(CC(=O)N/N=C\c1ccccc1[N+](=O)[O-])c1cccc(C(F)(F)F)c1. The smallest absolute Gasteiger partial charge is 0.271 e. The molecule has 2 rings (SSSR count). The quantitative estimate of drug-likeness (QED) is 0.400. The number of alkyl halides is 3. The van der Waals surface area contributed by atoms with Crippen LogP contribution >= 0.6 is 0 Å². The second-order valence-electron chi connectivity index (χ2n) is 5.93. The Balaban J connectivity index is 2.19. The van der Waals surface area contributed by atoms with E-state index >= 15 is 0 Å². The molecule has 0 spiro atoms. The molecule has 0 aliphatic heterocycles. The average Bonchev–Trinajstić information content (AvgIpc) is 2.65. The molecule has 0 atom stereocenters. The minimum absolute atomic E-state index is 0.0839. The summed E-state index contributed by atoms with van der Waals surface area (Å²) in [5, 5.41) is 14.5. The molecular weight excluding hydrogens is 429 g/mol. The van der Waals surface area contributed by atoms with Gasteiger partial charge >= 0.3 is 6.18 Å². The summed E-state index contributed by atoms with van der Waals surface area (Å²) in [5.41, 5.74) is 0.375. The van der Waals surface area contributed by atoms with E-state index in [-0.39, 0.29) is 16.9 Å². The molecule has 1 amide bonds. The van der Waals surface area contributed by atoms with Crippen LogP contribution in [0.5, 0.6) is 0 Å². The van der Waals surface area contributed by atoms with Crippen LogP contribution in [0.15, 0.2) is 53.6 Å². The summed E-state index contributed by atoms with van der Waals surface area (Å²) in [7, 11) is -4.11. The largest absolute Gasteiger partial charge is 0.416 e. The van der Waals surface area contributed by atoms with E-state index in [4.69, 9.17) is 0 Å². The molecule has 13 heteroatoms. The van der Waals surface area contributed by atoms with Crippen LogP contribution < -0.4 is 9.73 Å². The molecular formula is C17H15F3N4O5S. The van der Waals surface area contributed by atoms with Crippen molar-refractivity contribution < 1.29 is 31.3 Å². The molecule has 160 valence electrons. The highest BCUT2D eigenvalue weighted by molar-refractivity contribution is 7.92. The van der Waals surface area contributed by atoms with E-state index in [1.54, 1.807) is 0 Å². The number of nitrogens with zero attached hydrogens (tertiary/aromatic N) is 3. The summed E-state index contributed by atoms with van der Waals surface area (Å²) in [4.78, 5) is 22.4. The summed E-state index contributed by atoms with van der Waals surface area (Å²) < 4.78 is 63.2. The summed E-state index contributed by atoms with van der Waals surface area (Å²) in [6, 6.07) is 9.04. The summed E-state index contributed by atoms with van der Waals surface area (Å²) in [5.74, 6) is -0.965. The van der Waals surface area contributed by atoms with Crippen LogP contribution in [0.4, 0.5) is 24.5 Å². The molecule has 9 nitrogen and oxygen atoms in total. The number of para-hydroxylation sites is 1. The van der Waals surface area contributed by atoms with Gasteiger partial charge in [-0.1, -0.05) is 18.2 Å². The maximum Gasteiger partial charge on any atom is 0.416 e. The molecule has 2 aromatic rings. The number of anilines is 1. The highest BCUT2D eigenvalue weighted by Gasteiger charge is 2.32. The number of amides is 1. The topological polar surface area (TPSA) is 122 Å². The predicted molar refractivity (Wildman–Crippen MR) is 102 cm³/mol. The van der Waals surface area contributed by atoms with Gasteiger partial charge in [-0.2, -0.15) is 18.3 Å². The van der Waals surface area contributed by atoms with E-state index in [1.807, 2.05) is 5.43 Å². The van der Waals surface area contributed by atoms with E-state index in [0.717, 1.165) is 30.7 Å². The maximum atomic E-state index is 12.9. The fourth-order valence-electron chi connectivity index (χ4n) is 2.34. The monoisotopic (exact) mass is 444 g/mol. The molecule has 0 aliphatic rings. The number of nitro groups is 1. The van der Waals surface area contributed by atoms with Gasteiger partial charge in [0.1, 0.15) is 6.54 Å². The lowest BCUT2D eigenvalue weighted by atomic mass is 10.2. The van der Waals surface area contributed by atoms with E-state index in [1.165, 1.54) is 24.3 Å². The third-order valence-corrected chi connectivity index (χ3v) is 4.82. The van der Waals surface area contributed by atoms with Crippen LogP contribution in [-0.4, -0.2) is 38.3 Å². The van der Waals surface area contributed by atoms with Crippen molar-refractivity contribution in [2.24, 2.45) is 5.10 Å². The number of sulfonamides is 1. The molecule has 30 heavy (non-hydrogen) atoms. The first-order valence-corrected chi connectivity index (χ1v) is 9.94. The van der Waals surface area contributed by atoms with Crippen LogP contribution in [0.2, 0.25) is 0 Å². The molecule has 0 fully saturated rings. The Morgan fingerprint density at radius 3 is 2.50 bits per heavy atom. The first-order chi connectivity index (χ1) is 13.9. The van der Waals surface area contributed by atoms with E-state index in [9.17, 15) is 36.5 Å². The number of hydrogen-bond acceptors (Lipinski definition) is 6. The Kier molecular flexibility index (Phi) is 6.77. The molecule has 0 heterocycles. The lowest BCUT2D eigenvalue weighted by molar-refractivity contribution is -0.385. The third kappa shape index (κ3) is 6.01. The Morgan fingerprint density at radius 1 is 1.23 bits per heavy atom. The molecule has 0 unspecified atom stereocenters.